The highest BCUT2D eigenvalue weighted by Gasteiger charge is 2.11. The van der Waals surface area contributed by atoms with E-state index < -0.39 is 0 Å². The van der Waals surface area contributed by atoms with Gasteiger partial charge in [0, 0.05) is 22.5 Å². The van der Waals surface area contributed by atoms with Crippen LogP contribution in [0.25, 0.3) is 11.3 Å². The van der Waals surface area contributed by atoms with Crippen LogP contribution in [0.5, 0.6) is 0 Å². The third-order valence-corrected chi connectivity index (χ3v) is 5.08. The summed E-state index contributed by atoms with van der Waals surface area (Å²) in [6, 6.07) is 13.5. The van der Waals surface area contributed by atoms with Crippen LogP contribution in [0.15, 0.2) is 42.5 Å². The number of anilines is 1. The quantitative estimate of drug-likeness (QED) is 0.625. The molecule has 112 valence electrons. The molecule has 3 rings (SSSR count). The molecule has 0 aliphatic carbocycles. The molecule has 2 nitrogen and oxygen atoms in total. The second-order valence-electron chi connectivity index (χ2n) is 5.06. The second kappa shape index (κ2) is 6.29. The number of nitrogen functional groups attached to an aromatic ring is 1. The summed E-state index contributed by atoms with van der Waals surface area (Å²) in [6.07, 6.45) is 0.799. The molecule has 0 saturated heterocycles. The highest BCUT2D eigenvalue weighted by atomic mass is 35.5. The smallest absolute Gasteiger partial charge is 0.0979 e. The van der Waals surface area contributed by atoms with Crippen molar-refractivity contribution in [2.24, 2.45) is 0 Å². The van der Waals surface area contributed by atoms with Gasteiger partial charge in [0.2, 0.25) is 0 Å². The van der Waals surface area contributed by atoms with E-state index in [4.69, 9.17) is 33.9 Å². The van der Waals surface area contributed by atoms with Crippen LogP contribution in [0.3, 0.4) is 0 Å². The molecule has 1 aromatic heterocycles. The first-order valence-electron chi connectivity index (χ1n) is 6.79. The molecule has 0 radical (unpaired) electrons. The van der Waals surface area contributed by atoms with Crippen LogP contribution in [-0.4, -0.2) is 4.98 Å². The Morgan fingerprint density at radius 2 is 1.77 bits per heavy atom. The predicted octanol–water partition coefficient (Wildman–Crippen LogP) is 5.60. The van der Waals surface area contributed by atoms with Crippen molar-refractivity contribution in [2.45, 2.75) is 13.3 Å². The highest BCUT2D eigenvalue weighted by molar-refractivity contribution is 7.12. The summed E-state index contributed by atoms with van der Waals surface area (Å²) in [7, 11) is 0. The second-order valence-corrected chi connectivity index (χ2v) is 7.16. The average Bonchev–Trinajstić information content (AvgIpc) is 2.85. The van der Waals surface area contributed by atoms with Gasteiger partial charge in [0.25, 0.3) is 0 Å². The van der Waals surface area contributed by atoms with Gasteiger partial charge in [0.15, 0.2) is 0 Å². The van der Waals surface area contributed by atoms with Gasteiger partial charge in [-0.25, -0.2) is 4.98 Å². The molecule has 0 amide bonds. The summed E-state index contributed by atoms with van der Waals surface area (Å²) in [6.45, 7) is 2.07. The number of hydrogen-bond acceptors (Lipinski definition) is 3. The Morgan fingerprint density at radius 1 is 1.05 bits per heavy atom. The molecule has 0 bridgehead atoms. The van der Waals surface area contributed by atoms with Crippen molar-refractivity contribution in [2.75, 3.05) is 5.73 Å². The minimum Gasteiger partial charge on any atom is -0.399 e. The predicted molar refractivity (Wildman–Crippen MR) is 96.0 cm³/mol. The summed E-state index contributed by atoms with van der Waals surface area (Å²) in [5, 5.41) is 2.18. The van der Waals surface area contributed by atoms with E-state index in [9.17, 15) is 0 Å². The molecule has 0 fully saturated rings. The van der Waals surface area contributed by atoms with E-state index in [1.54, 1.807) is 17.4 Å². The van der Waals surface area contributed by atoms with Crippen molar-refractivity contribution >= 4 is 40.2 Å². The van der Waals surface area contributed by atoms with Crippen LogP contribution in [0.2, 0.25) is 10.0 Å². The first-order valence-corrected chi connectivity index (χ1v) is 8.36. The molecule has 22 heavy (non-hydrogen) atoms. The molecular formula is C17H14Cl2N2S. The topological polar surface area (TPSA) is 38.9 Å². The van der Waals surface area contributed by atoms with E-state index in [1.165, 1.54) is 10.4 Å². The van der Waals surface area contributed by atoms with Crippen molar-refractivity contribution < 1.29 is 0 Å². The van der Waals surface area contributed by atoms with E-state index in [-0.39, 0.29) is 0 Å². The zero-order chi connectivity index (χ0) is 15.7. The van der Waals surface area contributed by atoms with E-state index >= 15 is 0 Å². The zero-order valence-corrected chi connectivity index (χ0v) is 14.3. The van der Waals surface area contributed by atoms with Crippen molar-refractivity contribution in [1.29, 1.82) is 0 Å². The van der Waals surface area contributed by atoms with Gasteiger partial charge in [-0.15, -0.1) is 11.3 Å². The van der Waals surface area contributed by atoms with Gasteiger partial charge in [-0.1, -0.05) is 41.4 Å². The number of halogens is 2. The van der Waals surface area contributed by atoms with Crippen molar-refractivity contribution in [1.82, 2.24) is 4.98 Å². The Bertz CT molecular complexity index is 810. The van der Waals surface area contributed by atoms with Gasteiger partial charge in [0.1, 0.15) is 0 Å². The normalized spacial score (nSPS) is 10.9. The van der Waals surface area contributed by atoms with Crippen LogP contribution in [0.1, 0.15) is 15.4 Å². The Hall–Kier alpha value is -1.55. The fourth-order valence-corrected chi connectivity index (χ4v) is 3.54. The molecule has 1 heterocycles. The lowest BCUT2D eigenvalue weighted by atomic mass is 10.1. The summed E-state index contributed by atoms with van der Waals surface area (Å²) in [5.74, 6) is 0. The molecule has 0 aliphatic rings. The Morgan fingerprint density at radius 3 is 2.45 bits per heavy atom. The molecule has 0 aliphatic heterocycles. The third-order valence-electron chi connectivity index (χ3n) is 3.37. The number of rotatable bonds is 3. The largest absolute Gasteiger partial charge is 0.399 e. The first-order chi connectivity index (χ1) is 10.5. The molecule has 3 aromatic rings. The number of benzene rings is 2. The lowest BCUT2D eigenvalue weighted by Gasteiger charge is -2.01. The van der Waals surface area contributed by atoms with Gasteiger partial charge >= 0.3 is 0 Å². The Kier molecular flexibility index (Phi) is 4.39. The Labute approximate surface area is 143 Å². The summed E-state index contributed by atoms with van der Waals surface area (Å²) in [5.41, 5.74) is 9.64. The van der Waals surface area contributed by atoms with Gasteiger partial charge < -0.3 is 5.73 Å². The van der Waals surface area contributed by atoms with Crippen molar-refractivity contribution in [3.63, 3.8) is 0 Å². The van der Waals surface area contributed by atoms with Crippen LogP contribution in [0.4, 0.5) is 5.69 Å². The van der Waals surface area contributed by atoms with Crippen molar-refractivity contribution in [3.8, 4) is 11.3 Å². The van der Waals surface area contributed by atoms with E-state index in [0.717, 1.165) is 28.4 Å². The molecule has 0 saturated carbocycles. The van der Waals surface area contributed by atoms with Gasteiger partial charge in [-0.3, -0.25) is 0 Å². The van der Waals surface area contributed by atoms with Crippen LogP contribution < -0.4 is 5.73 Å². The fourth-order valence-electron chi connectivity index (χ4n) is 2.25. The monoisotopic (exact) mass is 348 g/mol. The molecule has 0 spiro atoms. The lowest BCUT2D eigenvalue weighted by Crippen LogP contribution is -1.89. The van der Waals surface area contributed by atoms with Crippen LogP contribution >= 0.6 is 34.5 Å². The molecule has 2 aromatic carbocycles. The fraction of sp³-hybridized carbons (Fsp3) is 0.118. The number of nitrogens with zero attached hydrogens (tertiary/aromatic N) is 1. The molecule has 0 unspecified atom stereocenters. The average molecular weight is 349 g/mol. The zero-order valence-electron chi connectivity index (χ0n) is 11.9. The van der Waals surface area contributed by atoms with E-state index in [1.807, 2.05) is 36.4 Å². The van der Waals surface area contributed by atoms with Crippen LogP contribution in [0, 0.1) is 6.92 Å². The van der Waals surface area contributed by atoms with Gasteiger partial charge in [-0.2, -0.15) is 0 Å². The first kappa shape index (κ1) is 15.3. The van der Waals surface area contributed by atoms with E-state index in [0.29, 0.717) is 10.0 Å². The number of thiazole rings is 1. The van der Waals surface area contributed by atoms with Crippen molar-refractivity contribution in [3.05, 3.63) is 68.0 Å². The maximum Gasteiger partial charge on any atom is 0.0979 e. The number of aromatic nitrogens is 1. The summed E-state index contributed by atoms with van der Waals surface area (Å²) in [4.78, 5) is 5.92. The maximum atomic E-state index is 6.10. The van der Waals surface area contributed by atoms with E-state index in [2.05, 4.69) is 6.92 Å². The minimum absolute atomic E-state index is 0.548. The lowest BCUT2D eigenvalue weighted by molar-refractivity contribution is 1.14. The molecular weight excluding hydrogens is 335 g/mol. The van der Waals surface area contributed by atoms with Crippen LogP contribution in [-0.2, 0) is 6.42 Å². The summed E-state index contributed by atoms with van der Waals surface area (Å²) >= 11 is 13.8. The third kappa shape index (κ3) is 3.27. The standard InChI is InChI=1S/C17H14Cl2N2S/c1-10-17(12-4-7-14(18)15(19)9-12)21-16(22-10)8-11-2-5-13(20)6-3-11/h2-7,9H,8,20H2,1H3. The number of aryl methyl sites for hydroxylation is 1. The molecule has 0 atom stereocenters. The molecule has 2 N–H and O–H groups in total. The molecule has 5 heteroatoms. The van der Waals surface area contributed by atoms with Gasteiger partial charge in [0.05, 0.1) is 20.7 Å². The maximum absolute atomic E-state index is 6.10. The Balaban J connectivity index is 1.90. The number of nitrogens with two attached hydrogens (primary N) is 1. The number of hydrogen-bond donors (Lipinski definition) is 1. The highest BCUT2D eigenvalue weighted by Crippen LogP contribution is 2.32. The SMILES string of the molecule is Cc1sc(Cc2ccc(N)cc2)nc1-c1ccc(Cl)c(Cl)c1. The minimum atomic E-state index is 0.548. The van der Waals surface area contributed by atoms with Gasteiger partial charge in [-0.05, 0) is 36.8 Å². The summed E-state index contributed by atoms with van der Waals surface area (Å²) < 4.78 is 0.